The smallest absolute Gasteiger partial charge is 0.787 e. The normalized spacial score (nSPS) is 10.1. The van der Waals surface area contributed by atoms with Crippen molar-refractivity contribution >= 4 is 7.82 Å². The second kappa shape index (κ2) is 3.64. The van der Waals surface area contributed by atoms with Gasteiger partial charge in [-0.05, 0) is 4.53 Å². The molecule has 0 aliphatic carbocycles. The molecule has 0 unspecified atom stereocenters. The Morgan fingerprint density at radius 2 is 1.71 bits per heavy atom. The van der Waals surface area contributed by atoms with Crippen LogP contribution < -0.4 is 9.79 Å². The van der Waals surface area contributed by atoms with E-state index in [4.69, 9.17) is 14.4 Å². The molecule has 7 heavy (non-hydrogen) atoms. The van der Waals surface area contributed by atoms with Crippen molar-refractivity contribution in [3.8, 4) is 0 Å². The molecular formula is FO4PZn. The van der Waals surface area contributed by atoms with Gasteiger partial charge in [0.25, 0.3) is 0 Å². The van der Waals surface area contributed by atoms with Gasteiger partial charge >= 0.3 is 19.5 Å². The fraction of sp³-hybridized carbons (Fsp3) is 0. The Bertz CT molecular complexity index is 75.8. The van der Waals surface area contributed by atoms with E-state index in [1.165, 1.54) is 0 Å². The maximum atomic E-state index is 10.1. The summed E-state index contributed by atoms with van der Waals surface area (Å²) in [4.78, 5) is 17.8. The molecule has 7 heteroatoms. The number of rotatable bonds is 1. The first kappa shape index (κ1) is 10.6. The topological polar surface area (TPSA) is 72.4 Å². The Morgan fingerprint density at radius 3 is 1.71 bits per heavy atom. The van der Waals surface area contributed by atoms with Crippen molar-refractivity contribution in [1.82, 2.24) is 0 Å². The van der Waals surface area contributed by atoms with Crippen molar-refractivity contribution in [3.05, 3.63) is 0 Å². The van der Waals surface area contributed by atoms with Crippen LogP contribution in [0.25, 0.3) is 0 Å². The first-order valence-electron chi connectivity index (χ1n) is 0.885. The van der Waals surface area contributed by atoms with Crippen LogP contribution in [0.3, 0.4) is 0 Å². The van der Waals surface area contributed by atoms with Crippen LogP contribution in [0.1, 0.15) is 0 Å². The quantitative estimate of drug-likeness (QED) is 0.371. The summed E-state index contributed by atoms with van der Waals surface area (Å²) in [5.74, 6) is 0. The summed E-state index contributed by atoms with van der Waals surface area (Å²) in [5.41, 5.74) is 0. The third-order valence-corrected chi connectivity index (χ3v) is 0.254. The molecule has 0 saturated heterocycles. The minimum Gasteiger partial charge on any atom is -0.787 e. The average Bonchev–Trinajstić information content (AvgIpc) is 1.35. The fourth-order valence-electron chi connectivity index (χ4n) is 0. The summed E-state index contributed by atoms with van der Waals surface area (Å²) in [6.45, 7) is 0. The van der Waals surface area contributed by atoms with E-state index in [2.05, 4.69) is 0 Å². The van der Waals surface area contributed by atoms with E-state index >= 15 is 0 Å². The van der Waals surface area contributed by atoms with Gasteiger partial charge in [-0.2, -0.15) is 4.73 Å². The third kappa shape index (κ3) is 10.8. The van der Waals surface area contributed by atoms with Crippen molar-refractivity contribution in [2.75, 3.05) is 0 Å². The van der Waals surface area contributed by atoms with Crippen molar-refractivity contribution in [1.29, 1.82) is 0 Å². The van der Waals surface area contributed by atoms with E-state index in [1.807, 2.05) is 4.73 Å². The van der Waals surface area contributed by atoms with Crippen LogP contribution in [0.4, 0.5) is 4.53 Å². The van der Waals surface area contributed by atoms with Gasteiger partial charge in [0.2, 0.25) is 0 Å². The summed E-state index contributed by atoms with van der Waals surface area (Å²) in [7, 11) is -5.31. The Hall–Kier alpha value is 0.663. The molecule has 0 N–H and O–H groups in total. The second-order valence-electron chi connectivity index (χ2n) is 0.516. The van der Waals surface area contributed by atoms with Crippen LogP contribution in [0, 0.1) is 0 Å². The van der Waals surface area contributed by atoms with Gasteiger partial charge in [0.1, 0.15) is 7.82 Å². The summed E-state index contributed by atoms with van der Waals surface area (Å²) in [6, 6.07) is 0. The molecule has 0 aromatic carbocycles. The molecule has 0 rings (SSSR count). The van der Waals surface area contributed by atoms with Crippen molar-refractivity contribution in [2.45, 2.75) is 0 Å². The van der Waals surface area contributed by atoms with Crippen molar-refractivity contribution in [3.63, 3.8) is 0 Å². The number of hydrogen-bond acceptors (Lipinski definition) is 4. The summed E-state index contributed by atoms with van der Waals surface area (Å²) >= 11 is 0. The van der Waals surface area contributed by atoms with Crippen LogP contribution in [0.15, 0.2) is 0 Å². The second-order valence-corrected chi connectivity index (χ2v) is 1.55. The van der Waals surface area contributed by atoms with E-state index in [9.17, 15) is 4.53 Å². The first-order chi connectivity index (χ1) is 2.56. The summed E-state index contributed by atoms with van der Waals surface area (Å²) < 4.78 is 20.9. The largest absolute Gasteiger partial charge is 2.00 e. The number of phosphoric acid groups is 1. The maximum absolute atomic E-state index is 10.1. The third-order valence-electron chi connectivity index (χ3n) is 0.0845. The monoisotopic (exact) mass is 178 g/mol. The predicted molar refractivity (Wildman–Crippen MR) is 9.80 cm³/mol. The van der Waals surface area contributed by atoms with Gasteiger partial charge in [-0.1, -0.05) is 0 Å². The van der Waals surface area contributed by atoms with Crippen LogP contribution in [0.2, 0.25) is 0 Å². The molecule has 0 amide bonds. The Labute approximate surface area is 51.6 Å². The fourth-order valence-corrected chi connectivity index (χ4v) is 0. The zero-order valence-corrected chi connectivity index (χ0v) is 7.03. The maximum Gasteiger partial charge on any atom is 2.00 e. The molecule has 0 aliphatic heterocycles. The van der Waals surface area contributed by atoms with E-state index in [0.717, 1.165) is 0 Å². The standard InChI is InChI=1S/FH2O4P.Zn/c1-5-6(2,3)4;/h(H2,2,3,4);/q;+2/p-2. The molecule has 0 aromatic heterocycles. The molecule has 0 radical (unpaired) electrons. The van der Waals surface area contributed by atoms with Crippen LogP contribution in [0.5, 0.6) is 0 Å². The molecule has 0 saturated carbocycles. The van der Waals surface area contributed by atoms with E-state index in [1.54, 1.807) is 0 Å². The van der Waals surface area contributed by atoms with E-state index < -0.39 is 7.82 Å². The minimum atomic E-state index is -5.31. The van der Waals surface area contributed by atoms with Gasteiger partial charge in [-0.15, -0.1) is 0 Å². The summed E-state index contributed by atoms with van der Waals surface area (Å²) in [5, 5.41) is 0. The SMILES string of the molecule is O=P([O-])([O-])OF.[Zn+2]. The van der Waals surface area contributed by atoms with Crippen LogP contribution in [-0.2, 0) is 28.8 Å². The van der Waals surface area contributed by atoms with Gasteiger partial charge in [0.15, 0.2) is 0 Å². The first-order valence-corrected chi connectivity index (χ1v) is 2.35. The van der Waals surface area contributed by atoms with E-state index in [-0.39, 0.29) is 19.5 Å². The zero-order valence-electron chi connectivity index (χ0n) is 3.17. The molecule has 0 bridgehead atoms. The number of hydrogen-bond donors (Lipinski definition) is 0. The molecule has 4 nitrogen and oxygen atoms in total. The van der Waals surface area contributed by atoms with Gasteiger partial charge < -0.3 is 14.4 Å². The molecule has 0 aliphatic rings. The molecular weight excluding hydrogens is 179 g/mol. The Kier molecular flexibility index (Phi) is 5.52. The number of halogens is 1. The van der Waals surface area contributed by atoms with Gasteiger partial charge in [-0.25, -0.2) is 0 Å². The Balaban J connectivity index is 0. The van der Waals surface area contributed by atoms with Crippen LogP contribution in [-0.4, -0.2) is 0 Å². The summed E-state index contributed by atoms with van der Waals surface area (Å²) in [6.07, 6.45) is 0. The van der Waals surface area contributed by atoms with Crippen LogP contribution >= 0.6 is 7.82 Å². The van der Waals surface area contributed by atoms with Gasteiger partial charge in [0.05, 0.1) is 0 Å². The minimum absolute atomic E-state index is 0. The molecule has 0 heterocycles. The van der Waals surface area contributed by atoms with Gasteiger partial charge in [-0.3, -0.25) is 0 Å². The average molecular weight is 179 g/mol. The predicted octanol–water partition coefficient (Wildman–Crippen LogP) is -1.29. The molecule has 0 spiro atoms. The van der Waals surface area contributed by atoms with E-state index in [0.29, 0.717) is 0 Å². The molecule has 38 valence electrons. The van der Waals surface area contributed by atoms with Crippen molar-refractivity contribution < 1.29 is 43.1 Å². The molecule has 0 fully saturated rings. The zero-order chi connectivity index (χ0) is 5.21. The van der Waals surface area contributed by atoms with Gasteiger partial charge in [0, 0.05) is 0 Å². The molecule has 0 aromatic rings. The Morgan fingerprint density at radius 1 is 1.57 bits per heavy atom. The molecule has 0 atom stereocenters. The van der Waals surface area contributed by atoms with Crippen molar-refractivity contribution in [2.24, 2.45) is 0 Å².